The van der Waals surface area contributed by atoms with Crippen molar-refractivity contribution in [3.63, 3.8) is 0 Å². The highest BCUT2D eigenvalue weighted by Gasteiger charge is 2.12. The monoisotopic (exact) mass is 299 g/mol. The van der Waals surface area contributed by atoms with Gasteiger partial charge < -0.3 is 4.52 Å². The lowest BCUT2D eigenvalue weighted by Gasteiger charge is -2.01. The van der Waals surface area contributed by atoms with Gasteiger partial charge >= 0.3 is 6.01 Å². The summed E-state index contributed by atoms with van der Waals surface area (Å²) >= 11 is 3.00. The van der Waals surface area contributed by atoms with Crippen LogP contribution in [0.2, 0.25) is 0 Å². The summed E-state index contributed by atoms with van der Waals surface area (Å²) < 4.78 is 18.2. The number of amides is 1. The van der Waals surface area contributed by atoms with E-state index >= 15 is 0 Å². The average Bonchev–Trinajstić information content (AvgIpc) is 2.68. The van der Waals surface area contributed by atoms with Gasteiger partial charge in [-0.2, -0.15) is 4.98 Å². The summed E-state index contributed by atoms with van der Waals surface area (Å²) in [6.07, 6.45) is 0. The lowest BCUT2D eigenvalue weighted by Crippen LogP contribution is -2.12. The molecule has 2 rings (SSSR count). The van der Waals surface area contributed by atoms with E-state index in [-0.39, 0.29) is 11.6 Å². The SMILES string of the molecule is Cc1noc(NC(=O)c2ccc(Br)c(F)c2)n1. The fourth-order valence-corrected chi connectivity index (χ4v) is 1.40. The van der Waals surface area contributed by atoms with E-state index in [9.17, 15) is 9.18 Å². The minimum Gasteiger partial charge on any atom is -0.315 e. The normalized spacial score (nSPS) is 10.3. The molecule has 0 aliphatic rings. The van der Waals surface area contributed by atoms with Gasteiger partial charge in [-0.3, -0.25) is 10.1 Å². The molecule has 0 aliphatic carbocycles. The molecule has 88 valence electrons. The first-order chi connectivity index (χ1) is 8.06. The second-order valence-electron chi connectivity index (χ2n) is 3.23. The first kappa shape index (κ1) is 11.7. The maximum absolute atomic E-state index is 13.2. The van der Waals surface area contributed by atoms with E-state index in [1.54, 1.807) is 6.92 Å². The van der Waals surface area contributed by atoms with Crippen molar-refractivity contribution >= 4 is 27.9 Å². The number of carbonyl (C=O) groups is 1. The van der Waals surface area contributed by atoms with Gasteiger partial charge in [-0.15, -0.1) is 0 Å². The zero-order chi connectivity index (χ0) is 12.4. The van der Waals surface area contributed by atoms with Crippen LogP contribution in [0.5, 0.6) is 0 Å². The Morgan fingerprint density at radius 3 is 2.88 bits per heavy atom. The molecule has 0 atom stereocenters. The summed E-state index contributed by atoms with van der Waals surface area (Å²) in [6, 6.07) is 4.02. The van der Waals surface area contributed by atoms with Crippen LogP contribution in [0.4, 0.5) is 10.4 Å². The van der Waals surface area contributed by atoms with Gasteiger partial charge in [-0.1, -0.05) is 5.16 Å². The van der Waals surface area contributed by atoms with Gasteiger partial charge in [0.25, 0.3) is 5.91 Å². The molecule has 0 aliphatic heterocycles. The van der Waals surface area contributed by atoms with Gasteiger partial charge in [0.15, 0.2) is 5.82 Å². The fourth-order valence-electron chi connectivity index (χ4n) is 1.15. The van der Waals surface area contributed by atoms with Crippen LogP contribution in [0.25, 0.3) is 0 Å². The first-order valence-corrected chi connectivity index (χ1v) is 5.42. The van der Waals surface area contributed by atoms with E-state index in [0.29, 0.717) is 10.3 Å². The Bertz CT molecular complexity index is 570. The summed E-state index contributed by atoms with van der Waals surface area (Å²) in [5, 5.41) is 5.88. The number of aromatic nitrogens is 2. The zero-order valence-electron chi connectivity index (χ0n) is 8.70. The van der Waals surface area contributed by atoms with Gasteiger partial charge in [-0.25, -0.2) is 4.39 Å². The molecule has 0 saturated carbocycles. The number of hydrogen-bond donors (Lipinski definition) is 1. The van der Waals surface area contributed by atoms with E-state index in [1.165, 1.54) is 12.1 Å². The van der Waals surface area contributed by atoms with Crippen molar-refractivity contribution in [3.8, 4) is 0 Å². The Hall–Kier alpha value is -1.76. The van der Waals surface area contributed by atoms with Crippen molar-refractivity contribution in [2.75, 3.05) is 5.32 Å². The van der Waals surface area contributed by atoms with Crippen molar-refractivity contribution in [2.45, 2.75) is 6.92 Å². The molecule has 7 heteroatoms. The summed E-state index contributed by atoms with van der Waals surface area (Å²) in [5.74, 6) is -0.623. The number of aryl methyl sites for hydroxylation is 1. The van der Waals surface area contributed by atoms with Gasteiger partial charge in [-0.05, 0) is 41.1 Å². The van der Waals surface area contributed by atoms with E-state index in [1.807, 2.05) is 0 Å². The van der Waals surface area contributed by atoms with Crippen LogP contribution < -0.4 is 5.32 Å². The molecule has 2 aromatic rings. The van der Waals surface area contributed by atoms with Crippen LogP contribution in [0.1, 0.15) is 16.2 Å². The first-order valence-electron chi connectivity index (χ1n) is 4.63. The fraction of sp³-hybridized carbons (Fsp3) is 0.100. The Kier molecular flexibility index (Phi) is 3.19. The van der Waals surface area contributed by atoms with Crippen molar-refractivity contribution in [3.05, 3.63) is 39.9 Å². The summed E-state index contributed by atoms with van der Waals surface area (Å²) in [6.45, 7) is 1.62. The molecular formula is C10H7BrFN3O2. The van der Waals surface area contributed by atoms with Gasteiger partial charge in [0.1, 0.15) is 5.82 Å². The quantitative estimate of drug-likeness (QED) is 0.925. The number of rotatable bonds is 2. The number of nitrogens with zero attached hydrogens (tertiary/aromatic N) is 2. The highest BCUT2D eigenvalue weighted by Crippen LogP contribution is 2.17. The maximum Gasteiger partial charge on any atom is 0.328 e. The molecule has 5 nitrogen and oxygen atoms in total. The Morgan fingerprint density at radius 2 is 2.29 bits per heavy atom. The summed E-state index contributed by atoms with van der Waals surface area (Å²) in [5.41, 5.74) is 0.168. The van der Waals surface area contributed by atoms with Crippen molar-refractivity contribution in [1.82, 2.24) is 10.1 Å². The molecule has 1 aromatic carbocycles. The molecule has 1 N–H and O–H groups in total. The average molecular weight is 300 g/mol. The van der Waals surface area contributed by atoms with Crippen molar-refractivity contribution < 1.29 is 13.7 Å². The molecule has 0 unspecified atom stereocenters. The van der Waals surface area contributed by atoms with Crippen LogP contribution in [0, 0.1) is 12.7 Å². The van der Waals surface area contributed by atoms with Crippen molar-refractivity contribution in [2.24, 2.45) is 0 Å². The topological polar surface area (TPSA) is 68.0 Å². The van der Waals surface area contributed by atoms with Crippen molar-refractivity contribution in [1.29, 1.82) is 0 Å². The summed E-state index contributed by atoms with van der Waals surface area (Å²) in [4.78, 5) is 15.5. The summed E-state index contributed by atoms with van der Waals surface area (Å²) in [7, 11) is 0. The molecule has 0 saturated heterocycles. The highest BCUT2D eigenvalue weighted by molar-refractivity contribution is 9.10. The van der Waals surface area contributed by atoms with Crippen LogP contribution in [0.3, 0.4) is 0 Å². The maximum atomic E-state index is 13.2. The van der Waals surface area contributed by atoms with E-state index in [4.69, 9.17) is 4.52 Å². The minimum absolute atomic E-state index is 0.0178. The lowest BCUT2D eigenvalue weighted by atomic mass is 10.2. The van der Waals surface area contributed by atoms with E-state index < -0.39 is 11.7 Å². The largest absolute Gasteiger partial charge is 0.328 e. The molecule has 0 fully saturated rings. The standard InChI is InChI=1S/C10H7BrFN3O2/c1-5-13-10(17-15-5)14-9(16)6-2-3-7(11)8(12)4-6/h2-4H,1H3,(H,13,14,15,16). The Balaban J connectivity index is 2.17. The number of hydrogen-bond acceptors (Lipinski definition) is 4. The van der Waals surface area contributed by atoms with Gasteiger partial charge in [0.05, 0.1) is 4.47 Å². The van der Waals surface area contributed by atoms with Crippen LogP contribution >= 0.6 is 15.9 Å². The second kappa shape index (κ2) is 4.62. The van der Waals surface area contributed by atoms with Crippen LogP contribution in [-0.4, -0.2) is 16.0 Å². The lowest BCUT2D eigenvalue weighted by molar-refractivity contribution is 0.102. The highest BCUT2D eigenvalue weighted by atomic mass is 79.9. The molecule has 0 bridgehead atoms. The van der Waals surface area contributed by atoms with Crippen LogP contribution in [0.15, 0.2) is 27.2 Å². The minimum atomic E-state index is -0.514. The molecule has 17 heavy (non-hydrogen) atoms. The van der Waals surface area contributed by atoms with E-state index in [2.05, 4.69) is 31.4 Å². The number of nitrogens with one attached hydrogen (secondary N) is 1. The molecule has 0 radical (unpaired) electrons. The Morgan fingerprint density at radius 1 is 1.53 bits per heavy atom. The smallest absolute Gasteiger partial charge is 0.315 e. The van der Waals surface area contributed by atoms with Crippen LogP contribution in [-0.2, 0) is 0 Å². The number of halogens is 2. The molecule has 1 heterocycles. The third kappa shape index (κ3) is 2.68. The van der Waals surface area contributed by atoms with Gasteiger partial charge in [0, 0.05) is 5.56 Å². The zero-order valence-corrected chi connectivity index (χ0v) is 10.3. The van der Waals surface area contributed by atoms with E-state index in [0.717, 1.165) is 6.07 Å². The Labute approximate surface area is 104 Å². The molecule has 1 aromatic heterocycles. The second-order valence-corrected chi connectivity index (χ2v) is 4.08. The number of anilines is 1. The molecule has 1 amide bonds. The number of benzene rings is 1. The number of carbonyl (C=O) groups excluding carboxylic acids is 1. The molecule has 0 spiro atoms. The third-order valence-electron chi connectivity index (χ3n) is 1.93. The predicted octanol–water partition coefficient (Wildman–Crippen LogP) is 2.53. The molecular weight excluding hydrogens is 293 g/mol. The third-order valence-corrected chi connectivity index (χ3v) is 2.57. The predicted molar refractivity (Wildman–Crippen MR) is 61.1 cm³/mol. The van der Waals surface area contributed by atoms with Gasteiger partial charge in [0.2, 0.25) is 0 Å².